The van der Waals surface area contributed by atoms with Gasteiger partial charge in [-0.3, -0.25) is 19.2 Å². The molecule has 2 saturated heterocycles. The van der Waals surface area contributed by atoms with Gasteiger partial charge in [0.25, 0.3) is 23.6 Å². The van der Waals surface area contributed by atoms with Crippen molar-refractivity contribution in [3.63, 3.8) is 0 Å². The van der Waals surface area contributed by atoms with E-state index in [1.807, 2.05) is 0 Å². The van der Waals surface area contributed by atoms with Crippen LogP contribution in [0.1, 0.15) is 44.2 Å². The summed E-state index contributed by atoms with van der Waals surface area (Å²) in [6.45, 7) is 1.25. The van der Waals surface area contributed by atoms with Gasteiger partial charge in [-0.2, -0.15) is 0 Å². The molecular formula is C20H25N5O10. The number of rotatable bonds is 14. The van der Waals surface area contributed by atoms with Gasteiger partial charge in [-0.25, -0.2) is 14.3 Å². The minimum absolute atomic E-state index is 0.0362. The number of hydrogen-bond donors (Lipinski definition) is 0. The van der Waals surface area contributed by atoms with Crippen LogP contribution < -0.4 is 0 Å². The summed E-state index contributed by atoms with van der Waals surface area (Å²) in [6.07, 6.45) is 1.83. The lowest BCUT2D eigenvalue weighted by Crippen LogP contribution is -2.32. The second-order valence-corrected chi connectivity index (χ2v) is 7.54. The van der Waals surface area contributed by atoms with E-state index in [1.165, 1.54) is 4.68 Å². The normalized spacial score (nSPS) is 15.9. The van der Waals surface area contributed by atoms with E-state index in [9.17, 15) is 28.8 Å². The van der Waals surface area contributed by atoms with Gasteiger partial charge in [-0.05, 0) is 0 Å². The van der Waals surface area contributed by atoms with Gasteiger partial charge in [-0.15, -0.1) is 15.2 Å². The molecular weight excluding hydrogens is 470 g/mol. The quantitative estimate of drug-likeness (QED) is 0.224. The number of aryl methyl sites for hydroxylation is 1. The highest BCUT2D eigenvalue weighted by Crippen LogP contribution is 2.14. The Labute approximate surface area is 199 Å². The molecule has 0 aliphatic carbocycles. The Hall–Kier alpha value is -3.72. The van der Waals surface area contributed by atoms with Crippen molar-refractivity contribution < 1.29 is 47.9 Å². The molecule has 15 nitrogen and oxygen atoms in total. The molecule has 0 aromatic carbocycles. The summed E-state index contributed by atoms with van der Waals surface area (Å²) in [5.74, 6) is -3.58. The molecule has 0 spiro atoms. The zero-order valence-electron chi connectivity index (χ0n) is 18.9. The molecule has 0 N–H and O–H groups in total. The zero-order chi connectivity index (χ0) is 25.2. The number of amides is 4. The number of carbonyl (C=O) groups is 6. The summed E-state index contributed by atoms with van der Waals surface area (Å²) in [5, 5.41) is 8.86. The van der Waals surface area contributed by atoms with Crippen molar-refractivity contribution >= 4 is 35.6 Å². The van der Waals surface area contributed by atoms with Gasteiger partial charge in [0.2, 0.25) is 0 Å². The topological polar surface area (TPSA) is 177 Å². The summed E-state index contributed by atoms with van der Waals surface area (Å²) in [7, 11) is 0. The van der Waals surface area contributed by atoms with Gasteiger partial charge in [0, 0.05) is 38.3 Å². The number of ether oxygens (including phenoxy) is 2. The van der Waals surface area contributed by atoms with E-state index in [0.29, 0.717) is 29.0 Å². The van der Waals surface area contributed by atoms with Crippen LogP contribution in [-0.2, 0) is 60.9 Å². The third kappa shape index (κ3) is 7.92. The number of hydrogen-bond acceptors (Lipinski definition) is 12. The van der Waals surface area contributed by atoms with Crippen molar-refractivity contribution in [3.8, 4) is 0 Å². The van der Waals surface area contributed by atoms with E-state index in [4.69, 9.17) is 19.1 Å². The summed E-state index contributed by atoms with van der Waals surface area (Å²) in [4.78, 5) is 78.6. The summed E-state index contributed by atoms with van der Waals surface area (Å²) in [5.41, 5.74) is 0.536. The Kier molecular flexibility index (Phi) is 9.37. The van der Waals surface area contributed by atoms with Crippen LogP contribution >= 0.6 is 0 Å². The SMILES string of the molecule is O=C(CCOCCOCCn1cc(CCC(=O)ON2C(=O)CCC2=O)nn1)ON1C(=O)CCC1=O. The van der Waals surface area contributed by atoms with Gasteiger partial charge in [0.15, 0.2) is 0 Å². The molecule has 2 fully saturated rings. The Bertz CT molecular complexity index is 945. The molecule has 0 unspecified atom stereocenters. The molecule has 190 valence electrons. The Morgan fingerprint density at radius 2 is 1.26 bits per heavy atom. The fourth-order valence-corrected chi connectivity index (χ4v) is 3.04. The van der Waals surface area contributed by atoms with Gasteiger partial charge < -0.3 is 19.1 Å². The van der Waals surface area contributed by atoms with Crippen LogP contribution in [0.5, 0.6) is 0 Å². The number of imide groups is 2. The predicted octanol–water partition coefficient (Wildman–Crippen LogP) is -1.15. The van der Waals surface area contributed by atoms with Crippen molar-refractivity contribution in [1.29, 1.82) is 0 Å². The van der Waals surface area contributed by atoms with E-state index < -0.39 is 35.6 Å². The molecule has 1 aromatic rings. The van der Waals surface area contributed by atoms with E-state index >= 15 is 0 Å². The number of aromatic nitrogens is 3. The predicted molar refractivity (Wildman–Crippen MR) is 109 cm³/mol. The Morgan fingerprint density at radius 1 is 0.743 bits per heavy atom. The molecule has 3 rings (SSSR count). The molecule has 1 aromatic heterocycles. The first kappa shape index (κ1) is 25.9. The average Bonchev–Trinajstić information content (AvgIpc) is 3.51. The summed E-state index contributed by atoms with van der Waals surface area (Å²) < 4.78 is 12.2. The first-order valence-electron chi connectivity index (χ1n) is 11.0. The second-order valence-electron chi connectivity index (χ2n) is 7.54. The van der Waals surface area contributed by atoms with Crippen LogP contribution in [0.15, 0.2) is 6.20 Å². The Balaban J connectivity index is 1.19. The molecule has 3 heterocycles. The number of carbonyl (C=O) groups excluding carboxylic acids is 6. The van der Waals surface area contributed by atoms with Crippen molar-refractivity contribution in [2.45, 2.75) is 51.5 Å². The maximum Gasteiger partial charge on any atom is 0.335 e. The van der Waals surface area contributed by atoms with Gasteiger partial charge in [0.05, 0.1) is 51.5 Å². The van der Waals surface area contributed by atoms with Crippen molar-refractivity contribution in [2.24, 2.45) is 0 Å². The lowest BCUT2D eigenvalue weighted by atomic mass is 10.2. The summed E-state index contributed by atoms with van der Waals surface area (Å²) >= 11 is 0. The fraction of sp³-hybridized carbons (Fsp3) is 0.600. The smallest absolute Gasteiger partial charge is 0.335 e. The largest absolute Gasteiger partial charge is 0.378 e. The highest BCUT2D eigenvalue weighted by Gasteiger charge is 2.33. The second kappa shape index (κ2) is 12.7. The van der Waals surface area contributed by atoms with Crippen LogP contribution in [0.25, 0.3) is 0 Å². The highest BCUT2D eigenvalue weighted by molar-refractivity contribution is 6.02. The van der Waals surface area contributed by atoms with Gasteiger partial charge >= 0.3 is 11.9 Å². The molecule has 0 bridgehead atoms. The molecule has 0 radical (unpaired) electrons. The molecule has 0 saturated carbocycles. The van der Waals surface area contributed by atoms with E-state index in [2.05, 4.69) is 10.3 Å². The summed E-state index contributed by atoms with van der Waals surface area (Å²) in [6, 6.07) is 0. The van der Waals surface area contributed by atoms with Crippen LogP contribution in [0.4, 0.5) is 0 Å². The molecule has 2 aliphatic rings. The minimum atomic E-state index is -0.734. The maximum atomic E-state index is 11.8. The van der Waals surface area contributed by atoms with Crippen molar-refractivity contribution in [2.75, 3.05) is 26.4 Å². The third-order valence-corrected chi connectivity index (χ3v) is 4.86. The molecule has 0 atom stereocenters. The lowest BCUT2D eigenvalue weighted by Gasteiger charge is -2.12. The van der Waals surface area contributed by atoms with Gasteiger partial charge in [0.1, 0.15) is 0 Å². The molecule has 15 heteroatoms. The van der Waals surface area contributed by atoms with Crippen LogP contribution in [0.3, 0.4) is 0 Å². The fourth-order valence-electron chi connectivity index (χ4n) is 3.04. The molecule has 2 aliphatic heterocycles. The van der Waals surface area contributed by atoms with Crippen LogP contribution in [0, 0.1) is 0 Å². The monoisotopic (exact) mass is 495 g/mol. The average molecular weight is 495 g/mol. The van der Waals surface area contributed by atoms with Gasteiger partial charge in [-0.1, -0.05) is 5.21 Å². The lowest BCUT2D eigenvalue weighted by molar-refractivity contribution is -0.198. The molecule has 35 heavy (non-hydrogen) atoms. The van der Waals surface area contributed by atoms with Crippen molar-refractivity contribution in [1.82, 2.24) is 25.1 Å². The maximum absolute atomic E-state index is 11.8. The Morgan fingerprint density at radius 3 is 1.83 bits per heavy atom. The number of hydroxylamine groups is 4. The highest BCUT2D eigenvalue weighted by atomic mass is 16.7. The molecule has 4 amide bonds. The van der Waals surface area contributed by atoms with E-state index in [-0.39, 0.29) is 64.8 Å². The minimum Gasteiger partial charge on any atom is -0.378 e. The first-order valence-corrected chi connectivity index (χ1v) is 11.0. The standard InChI is InChI=1S/C20H25N5O10/c26-15-2-3-16(27)24(15)34-19(30)6-1-14-13-23(22-21-14)8-10-33-12-11-32-9-7-20(31)35-25-17(28)4-5-18(25)29/h13H,1-12H2. The van der Waals surface area contributed by atoms with Crippen LogP contribution in [-0.4, -0.2) is 87.1 Å². The van der Waals surface area contributed by atoms with E-state index in [0.717, 1.165) is 0 Å². The van der Waals surface area contributed by atoms with Crippen molar-refractivity contribution in [3.05, 3.63) is 11.9 Å². The third-order valence-electron chi connectivity index (χ3n) is 4.86. The zero-order valence-corrected chi connectivity index (χ0v) is 18.9. The van der Waals surface area contributed by atoms with E-state index in [1.54, 1.807) is 6.20 Å². The van der Waals surface area contributed by atoms with Crippen LogP contribution in [0.2, 0.25) is 0 Å². The number of nitrogens with zero attached hydrogens (tertiary/aromatic N) is 5. The first-order chi connectivity index (χ1) is 16.8.